The molecule has 146 valence electrons. The van der Waals surface area contributed by atoms with Gasteiger partial charge < -0.3 is 15.4 Å². The number of carbonyl (C=O) groups is 3. The summed E-state index contributed by atoms with van der Waals surface area (Å²) in [6.07, 6.45) is 0.507. The molecule has 28 heavy (non-hydrogen) atoms. The number of amides is 2. The van der Waals surface area contributed by atoms with Crippen LogP contribution in [0.1, 0.15) is 35.3 Å². The van der Waals surface area contributed by atoms with Gasteiger partial charge >= 0.3 is 5.97 Å². The predicted octanol–water partition coefficient (Wildman–Crippen LogP) is 2.78. The number of hydrogen-bond donors (Lipinski definition) is 2. The fraction of sp³-hybridized carbons (Fsp3) is 0.227. The van der Waals surface area contributed by atoms with E-state index in [4.69, 9.17) is 4.74 Å². The third kappa shape index (κ3) is 6.39. The topological polar surface area (TPSA) is 84.5 Å². The summed E-state index contributed by atoms with van der Waals surface area (Å²) in [4.78, 5) is 36.7. The van der Waals surface area contributed by atoms with Gasteiger partial charge in [-0.1, -0.05) is 54.6 Å². The molecule has 6 heteroatoms. The van der Waals surface area contributed by atoms with E-state index in [9.17, 15) is 14.4 Å². The minimum absolute atomic E-state index is 0.0956. The van der Waals surface area contributed by atoms with E-state index in [1.807, 2.05) is 36.4 Å². The van der Waals surface area contributed by atoms with Crippen molar-refractivity contribution >= 4 is 17.8 Å². The van der Waals surface area contributed by atoms with Crippen molar-refractivity contribution in [1.29, 1.82) is 0 Å². The molecule has 0 saturated carbocycles. The molecule has 2 amide bonds. The molecule has 0 radical (unpaired) electrons. The van der Waals surface area contributed by atoms with Crippen LogP contribution in [0.15, 0.2) is 73.3 Å². The standard InChI is InChI=1S/C22H24N2O4/c1-3-14-23-21(26)16(2)28-20(25)15-19(17-10-6-4-7-11-17)24-22(27)18-12-8-5-9-13-18/h3-13,16,19H,1,14-15H2,2H3,(H,23,26)(H,24,27)/t16-,19+/m1/s1. The largest absolute Gasteiger partial charge is 0.452 e. The molecule has 0 saturated heterocycles. The average molecular weight is 380 g/mol. The number of ether oxygens (including phenoxy) is 1. The van der Waals surface area contributed by atoms with Crippen molar-refractivity contribution in [3.05, 3.63) is 84.4 Å². The van der Waals surface area contributed by atoms with E-state index in [2.05, 4.69) is 17.2 Å². The third-order valence-corrected chi connectivity index (χ3v) is 4.01. The Kier molecular flexibility index (Phi) is 7.96. The van der Waals surface area contributed by atoms with Crippen molar-refractivity contribution < 1.29 is 19.1 Å². The first-order valence-corrected chi connectivity index (χ1v) is 9.00. The molecule has 0 aliphatic rings. The Hall–Kier alpha value is -3.41. The van der Waals surface area contributed by atoms with E-state index in [-0.39, 0.29) is 12.3 Å². The van der Waals surface area contributed by atoms with Crippen LogP contribution in [0, 0.1) is 0 Å². The first-order chi connectivity index (χ1) is 13.5. The van der Waals surface area contributed by atoms with Gasteiger partial charge in [-0.15, -0.1) is 6.58 Å². The highest BCUT2D eigenvalue weighted by molar-refractivity contribution is 5.94. The number of carbonyl (C=O) groups excluding carboxylic acids is 3. The van der Waals surface area contributed by atoms with Crippen LogP contribution in [-0.4, -0.2) is 30.4 Å². The van der Waals surface area contributed by atoms with Crippen LogP contribution in [0.2, 0.25) is 0 Å². The second-order valence-electron chi connectivity index (χ2n) is 6.17. The van der Waals surface area contributed by atoms with Gasteiger partial charge in [-0.05, 0) is 24.6 Å². The predicted molar refractivity (Wildman–Crippen MR) is 106 cm³/mol. The molecular weight excluding hydrogens is 356 g/mol. The summed E-state index contributed by atoms with van der Waals surface area (Å²) in [5.74, 6) is -1.28. The zero-order valence-electron chi connectivity index (χ0n) is 15.8. The minimum atomic E-state index is -0.936. The summed E-state index contributed by atoms with van der Waals surface area (Å²) < 4.78 is 5.21. The van der Waals surface area contributed by atoms with Crippen LogP contribution in [0.5, 0.6) is 0 Å². The highest BCUT2D eigenvalue weighted by Gasteiger charge is 2.23. The van der Waals surface area contributed by atoms with Crippen LogP contribution in [-0.2, 0) is 14.3 Å². The average Bonchev–Trinajstić information content (AvgIpc) is 2.72. The van der Waals surface area contributed by atoms with Crippen molar-refractivity contribution in [3.63, 3.8) is 0 Å². The summed E-state index contributed by atoms with van der Waals surface area (Å²) in [5, 5.41) is 5.44. The first-order valence-electron chi connectivity index (χ1n) is 9.00. The maximum atomic E-state index is 12.5. The molecule has 0 bridgehead atoms. The molecule has 2 aromatic rings. The second kappa shape index (κ2) is 10.7. The second-order valence-corrected chi connectivity index (χ2v) is 6.17. The quantitative estimate of drug-likeness (QED) is 0.518. The number of rotatable bonds is 9. The van der Waals surface area contributed by atoms with Gasteiger partial charge in [0.1, 0.15) is 0 Å². The lowest BCUT2D eigenvalue weighted by atomic mass is 10.0. The van der Waals surface area contributed by atoms with E-state index in [1.165, 1.54) is 13.0 Å². The molecule has 2 rings (SSSR count). The van der Waals surface area contributed by atoms with Gasteiger partial charge in [0.2, 0.25) is 0 Å². The Labute approximate surface area is 164 Å². The van der Waals surface area contributed by atoms with Gasteiger partial charge in [0, 0.05) is 12.1 Å². The molecule has 2 aromatic carbocycles. The Bertz CT molecular complexity index is 806. The summed E-state index contributed by atoms with van der Waals surface area (Å²) in [6, 6.07) is 17.3. The number of esters is 1. The maximum absolute atomic E-state index is 12.5. The minimum Gasteiger partial charge on any atom is -0.452 e. The normalized spacial score (nSPS) is 12.3. The third-order valence-electron chi connectivity index (χ3n) is 4.01. The molecule has 0 spiro atoms. The van der Waals surface area contributed by atoms with Gasteiger partial charge in [-0.2, -0.15) is 0 Å². The molecule has 0 aliphatic heterocycles. The molecule has 2 N–H and O–H groups in total. The van der Waals surface area contributed by atoms with Crippen LogP contribution in [0.3, 0.4) is 0 Å². The smallest absolute Gasteiger partial charge is 0.309 e. The number of benzene rings is 2. The fourth-order valence-corrected chi connectivity index (χ4v) is 2.55. The van der Waals surface area contributed by atoms with E-state index in [0.29, 0.717) is 12.1 Å². The molecule has 0 heterocycles. The van der Waals surface area contributed by atoms with Gasteiger partial charge in [0.25, 0.3) is 11.8 Å². The van der Waals surface area contributed by atoms with Crippen molar-refractivity contribution in [2.45, 2.75) is 25.5 Å². The lowest BCUT2D eigenvalue weighted by molar-refractivity contribution is -0.155. The highest BCUT2D eigenvalue weighted by atomic mass is 16.5. The van der Waals surface area contributed by atoms with Crippen LogP contribution < -0.4 is 10.6 Å². The highest BCUT2D eigenvalue weighted by Crippen LogP contribution is 2.18. The van der Waals surface area contributed by atoms with E-state index >= 15 is 0 Å². The van der Waals surface area contributed by atoms with Gasteiger partial charge in [0.05, 0.1) is 12.5 Å². The SMILES string of the molecule is C=CCNC(=O)[C@@H](C)OC(=O)C[C@H](NC(=O)c1ccccc1)c1ccccc1. The molecular formula is C22H24N2O4. The van der Waals surface area contributed by atoms with Gasteiger partial charge in [0.15, 0.2) is 6.10 Å². The zero-order chi connectivity index (χ0) is 20.4. The van der Waals surface area contributed by atoms with Crippen molar-refractivity contribution in [3.8, 4) is 0 Å². The van der Waals surface area contributed by atoms with Crippen molar-refractivity contribution in [2.24, 2.45) is 0 Å². The summed E-state index contributed by atoms with van der Waals surface area (Å²) >= 11 is 0. The van der Waals surface area contributed by atoms with Crippen LogP contribution in [0.4, 0.5) is 0 Å². The molecule has 0 aromatic heterocycles. The lowest BCUT2D eigenvalue weighted by Crippen LogP contribution is -2.37. The first kappa shape index (κ1) is 20.9. The molecule has 0 fully saturated rings. The number of nitrogens with one attached hydrogen (secondary N) is 2. The monoisotopic (exact) mass is 380 g/mol. The van der Waals surface area contributed by atoms with Crippen LogP contribution in [0.25, 0.3) is 0 Å². The van der Waals surface area contributed by atoms with Gasteiger partial charge in [-0.3, -0.25) is 14.4 Å². The summed E-state index contributed by atoms with van der Waals surface area (Å²) in [7, 11) is 0. The molecule has 0 aliphatic carbocycles. The zero-order valence-corrected chi connectivity index (χ0v) is 15.8. The Morgan fingerprint density at radius 2 is 1.64 bits per heavy atom. The van der Waals surface area contributed by atoms with Gasteiger partial charge in [-0.25, -0.2) is 0 Å². The Morgan fingerprint density at radius 3 is 2.25 bits per heavy atom. The fourth-order valence-electron chi connectivity index (χ4n) is 2.55. The van der Waals surface area contributed by atoms with Crippen molar-refractivity contribution in [1.82, 2.24) is 10.6 Å². The number of hydrogen-bond acceptors (Lipinski definition) is 4. The van der Waals surface area contributed by atoms with E-state index < -0.39 is 24.0 Å². The van der Waals surface area contributed by atoms with Crippen LogP contribution >= 0.6 is 0 Å². The van der Waals surface area contributed by atoms with E-state index in [1.54, 1.807) is 24.3 Å². The molecule has 2 atom stereocenters. The Balaban J connectivity index is 2.05. The lowest BCUT2D eigenvalue weighted by Gasteiger charge is -2.20. The maximum Gasteiger partial charge on any atom is 0.309 e. The summed E-state index contributed by atoms with van der Waals surface area (Å²) in [5.41, 5.74) is 1.27. The molecule has 0 unspecified atom stereocenters. The molecule has 6 nitrogen and oxygen atoms in total. The Morgan fingerprint density at radius 1 is 1.04 bits per heavy atom. The van der Waals surface area contributed by atoms with Crippen molar-refractivity contribution in [2.75, 3.05) is 6.54 Å². The summed E-state index contributed by atoms with van der Waals surface area (Å²) in [6.45, 7) is 5.30. The van der Waals surface area contributed by atoms with E-state index in [0.717, 1.165) is 5.56 Å².